The van der Waals surface area contributed by atoms with Gasteiger partial charge in [-0.25, -0.2) is 0 Å². The Morgan fingerprint density at radius 3 is 2.33 bits per heavy atom. The molecule has 3 nitrogen and oxygen atoms in total. The highest BCUT2D eigenvalue weighted by molar-refractivity contribution is 14.0. The zero-order valence-corrected chi connectivity index (χ0v) is 16.2. The van der Waals surface area contributed by atoms with Crippen LogP contribution in [0.5, 0.6) is 0 Å². The van der Waals surface area contributed by atoms with Crippen molar-refractivity contribution in [2.24, 2.45) is 4.99 Å². The van der Waals surface area contributed by atoms with Crippen molar-refractivity contribution < 1.29 is 0 Å². The lowest BCUT2D eigenvalue weighted by Gasteiger charge is -2.11. The number of nitrogens with one attached hydrogen (secondary N) is 2. The number of hydrogen-bond acceptors (Lipinski definition) is 2. The summed E-state index contributed by atoms with van der Waals surface area (Å²) >= 11 is 1.91. The molecule has 2 N–H and O–H groups in total. The molecular weight excluding hydrogens is 393 g/mol. The van der Waals surface area contributed by atoms with Gasteiger partial charge in [-0.1, -0.05) is 30.3 Å². The Balaban J connectivity index is 0.00000400. The van der Waals surface area contributed by atoms with Crippen molar-refractivity contribution in [2.75, 3.05) is 32.1 Å². The molecule has 0 aromatic heterocycles. The molecule has 0 radical (unpaired) electrons. The van der Waals surface area contributed by atoms with Crippen molar-refractivity contribution in [2.45, 2.75) is 25.7 Å². The molecule has 1 rings (SSSR count). The van der Waals surface area contributed by atoms with E-state index in [9.17, 15) is 0 Å². The zero-order chi connectivity index (χ0) is 14.5. The van der Waals surface area contributed by atoms with Crippen molar-refractivity contribution in [1.82, 2.24) is 10.6 Å². The smallest absolute Gasteiger partial charge is 0.190 e. The number of aliphatic imine (C=N–C) groups is 1. The quantitative estimate of drug-likeness (QED) is 0.277. The highest BCUT2D eigenvalue weighted by atomic mass is 127. The molecule has 5 heteroatoms. The van der Waals surface area contributed by atoms with Gasteiger partial charge in [-0.2, -0.15) is 11.8 Å². The van der Waals surface area contributed by atoms with Crippen LogP contribution < -0.4 is 10.6 Å². The Kier molecular flexibility index (Phi) is 14.2. The monoisotopic (exact) mass is 421 g/mol. The summed E-state index contributed by atoms with van der Waals surface area (Å²) < 4.78 is 0. The highest BCUT2D eigenvalue weighted by Crippen LogP contribution is 2.01. The molecule has 1 aromatic rings. The minimum Gasteiger partial charge on any atom is -0.356 e. The van der Waals surface area contributed by atoms with Gasteiger partial charge in [0.1, 0.15) is 0 Å². The molecule has 0 saturated heterocycles. The number of aryl methyl sites for hydroxylation is 1. The van der Waals surface area contributed by atoms with Gasteiger partial charge in [0.25, 0.3) is 0 Å². The average molecular weight is 421 g/mol. The second-order valence-corrected chi connectivity index (χ2v) is 5.70. The van der Waals surface area contributed by atoms with E-state index < -0.39 is 0 Å². The lowest BCUT2D eigenvalue weighted by molar-refractivity contribution is 0.713. The summed E-state index contributed by atoms with van der Waals surface area (Å²) in [6.07, 6.45) is 6.85. The van der Waals surface area contributed by atoms with Crippen molar-refractivity contribution in [3.05, 3.63) is 35.9 Å². The Labute approximate surface area is 150 Å². The maximum absolute atomic E-state index is 4.24. The summed E-state index contributed by atoms with van der Waals surface area (Å²) in [6, 6.07) is 10.6. The molecule has 0 unspecified atom stereocenters. The molecule has 0 fully saturated rings. The third-order valence-electron chi connectivity index (χ3n) is 3.07. The van der Waals surface area contributed by atoms with Crippen LogP contribution in [0.3, 0.4) is 0 Å². The minimum absolute atomic E-state index is 0. The Hall–Kier alpha value is -0.430. The van der Waals surface area contributed by atoms with Gasteiger partial charge in [0.15, 0.2) is 5.96 Å². The molecule has 0 saturated carbocycles. The summed E-state index contributed by atoms with van der Waals surface area (Å²) in [5.41, 5.74) is 1.40. The van der Waals surface area contributed by atoms with E-state index in [-0.39, 0.29) is 24.0 Å². The molecule has 21 heavy (non-hydrogen) atoms. The minimum atomic E-state index is 0. The van der Waals surface area contributed by atoms with E-state index >= 15 is 0 Å². The van der Waals surface area contributed by atoms with Gasteiger partial charge in [-0.3, -0.25) is 4.99 Å². The molecule has 0 aliphatic heterocycles. The highest BCUT2D eigenvalue weighted by Gasteiger charge is 1.97. The van der Waals surface area contributed by atoms with Crippen LogP contribution in [0, 0.1) is 0 Å². The molecule has 0 heterocycles. The number of hydrogen-bond donors (Lipinski definition) is 2. The summed E-state index contributed by atoms with van der Waals surface area (Å²) in [5.74, 6) is 2.16. The number of unbranched alkanes of at least 4 members (excludes halogenated alkanes) is 1. The first kappa shape index (κ1) is 20.6. The van der Waals surface area contributed by atoms with Crippen molar-refractivity contribution in [3.8, 4) is 0 Å². The van der Waals surface area contributed by atoms with E-state index in [1.807, 2.05) is 18.8 Å². The molecule has 0 aliphatic carbocycles. The Morgan fingerprint density at radius 1 is 1.05 bits per heavy atom. The first-order chi connectivity index (χ1) is 9.86. The molecule has 0 atom stereocenters. The number of rotatable bonds is 9. The fraction of sp³-hybridized carbons (Fsp3) is 0.562. The van der Waals surface area contributed by atoms with E-state index in [1.54, 1.807) is 0 Å². The predicted molar refractivity (Wildman–Crippen MR) is 107 cm³/mol. The van der Waals surface area contributed by atoms with Crippen molar-refractivity contribution in [1.29, 1.82) is 0 Å². The fourth-order valence-electron chi connectivity index (χ4n) is 1.94. The van der Waals surface area contributed by atoms with Gasteiger partial charge in [-0.15, -0.1) is 24.0 Å². The SMILES string of the molecule is CN=C(NCCCCSC)NCCCc1ccccc1.I. The molecular formula is C16H28IN3S. The normalized spacial score (nSPS) is 10.9. The summed E-state index contributed by atoms with van der Waals surface area (Å²) in [6.45, 7) is 1.96. The molecule has 0 amide bonds. The lowest BCUT2D eigenvalue weighted by atomic mass is 10.1. The van der Waals surface area contributed by atoms with Crippen LogP contribution in [0.15, 0.2) is 35.3 Å². The number of nitrogens with zero attached hydrogens (tertiary/aromatic N) is 1. The van der Waals surface area contributed by atoms with Crippen LogP contribution in [-0.4, -0.2) is 38.1 Å². The van der Waals surface area contributed by atoms with Crippen LogP contribution >= 0.6 is 35.7 Å². The summed E-state index contributed by atoms with van der Waals surface area (Å²) in [4.78, 5) is 4.24. The van der Waals surface area contributed by atoms with E-state index in [0.29, 0.717) is 0 Å². The first-order valence-corrected chi connectivity index (χ1v) is 8.73. The van der Waals surface area contributed by atoms with E-state index in [4.69, 9.17) is 0 Å². The van der Waals surface area contributed by atoms with Gasteiger partial charge < -0.3 is 10.6 Å². The zero-order valence-electron chi connectivity index (χ0n) is 13.1. The van der Waals surface area contributed by atoms with Crippen LogP contribution in [0.2, 0.25) is 0 Å². The topological polar surface area (TPSA) is 36.4 Å². The van der Waals surface area contributed by atoms with Gasteiger partial charge in [0.05, 0.1) is 0 Å². The van der Waals surface area contributed by atoms with Crippen LogP contribution in [0.25, 0.3) is 0 Å². The predicted octanol–water partition coefficient (Wildman–Crippen LogP) is 3.55. The number of halogens is 1. The number of benzene rings is 1. The molecule has 0 spiro atoms. The van der Waals surface area contributed by atoms with Crippen molar-refractivity contribution in [3.63, 3.8) is 0 Å². The van der Waals surface area contributed by atoms with E-state index in [1.165, 1.54) is 24.2 Å². The molecule has 120 valence electrons. The fourth-order valence-corrected chi connectivity index (χ4v) is 2.44. The molecule has 0 bridgehead atoms. The van der Waals surface area contributed by atoms with Crippen LogP contribution in [0.4, 0.5) is 0 Å². The van der Waals surface area contributed by atoms with Crippen molar-refractivity contribution >= 4 is 41.7 Å². The first-order valence-electron chi connectivity index (χ1n) is 7.34. The largest absolute Gasteiger partial charge is 0.356 e. The van der Waals surface area contributed by atoms with Crippen LogP contribution in [-0.2, 0) is 6.42 Å². The third-order valence-corrected chi connectivity index (χ3v) is 3.77. The average Bonchev–Trinajstić information content (AvgIpc) is 2.50. The van der Waals surface area contributed by atoms with E-state index in [0.717, 1.165) is 31.9 Å². The van der Waals surface area contributed by atoms with Gasteiger partial charge >= 0.3 is 0 Å². The van der Waals surface area contributed by atoms with Gasteiger partial charge in [0.2, 0.25) is 0 Å². The van der Waals surface area contributed by atoms with Gasteiger partial charge in [0, 0.05) is 20.1 Å². The summed E-state index contributed by atoms with van der Waals surface area (Å²) in [5, 5.41) is 6.72. The standard InChI is InChI=1S/C16H27N3S.HI/c1-17-16(18-12-6-7-14-20-2)19-13-8-11-15-9-4-3-5-10-15;/h3-5,9-10H,6-8,11-14H2,1-2H3,(H2,17,18,19);1H. The van der Waals surface area contributed by atoms with E-state index in [2.05, 4.69) is 52.2 Å². The number of guanidine groups is 1. The number of thioether (sulfide) groups is 1. The molecule has 1 aromatic carbocycles. The second-order valence-electron chi connectivity index (χ2n) is 4.71. The maximum Gasteiger partial charge on any atom is 0.190 e. The maximum atomic E-state index is 4.24. The Bertz CT molecular complexity index is 371. The third kappa shape index (κ3) is 10.9. The second kappa shape index (κ2) is 14.5. The lowest BCUT2D eigenvalue weighted by Crippen LogP contribution is -2.38. The molecule has 0 aliphatic rings. The summed E-state index contributed by atoms with van der Waals surface area (Å²) in [7, 11) is 1.83. The Morgan fingerprint density at radius 2 is 1.71 bits per heavy atom. The van der Waals surface area contributed by atoms with Crippen LogP contribution in [0.1, 0.15) is 24.8 Å². The van der Waals surface area contributed by atoms with Gasteiger partial charge in [-0.05, 0) is 43.3 Å².